The van der Waals surface area contributed by atoms with Gasteiger partial charge in [0.1, 0.15) is 0 Å². The van der Waals surface area contributed by atoms with Gasteiger partial charge >= 0.3 is 5.97 Å². The van der Waals surface area contributed by atoms with Crippen molar-refractivity contribution >= 4 is 5.97 Å². The Morgan fingerprint density at radius 2 is 2.33 bits per heavy atom. The van der Waals surface area contributed by atoms with Crippen LogP contribution in [0.3, 0.4) is 0 Å². The predicted molar refractivity (Wildman–Crippen MR) is 35.1 cm³/mol. The van der Waals surface area contributed by atoms with Crippen molar-refractivity contribution in [2.75, 3.05) is 0 Å². The second kappa shape index (κ2) is 2.88. The molecule has 4 nitrogen and oxygen atoms in total. The molecule has 0 aliphatic carbocycles. The number of carboxylic acid groups (broad SMARTS) is 1. The lowest BCUT2D eigenvalue weighted by atomic mass is 10.2. The third-order valence-electron chi connectivity index (χ3n) is 1.29. The van der Waals surface area contributed by atoms with Crippen LogP contribution in [-0.2, 0) is 7.05 Å². The summed E-state index contributed by atoms with van der Waals surface area (Å²) in [6.07, 6.45) is -1.81. The Morgan fingerprint density at radius 1 is 1.75 bits per heavy atom. The van der Waals surface area contributed by atoms with Gasteiger partial charge in [-0.2, -0.15) is 5.10 Å². The summed E-state index contributed by atoms with van der Waals surface area (Å²) in [5.41, 5.74) is -1.14. The second-order valence-electron chi connectivity index (χ2n) is 2.21. The fourth-order valence-electron chi connectivity index (χ4n) is 0.833. The quantitative estimate of drug-likeness (QED) is 0.732. The first-order chi connectivity index (χ1) is 5.52. The van der Waals surface area contributed by atoms with E-state index in [1.54, 1.807) is 0 Å². The molecule has 0 saturated carbocycles. The molecule has 66 valence electrons. The van der Waals surface area contributed by atoms with Crippen LogP contribution >= 0.6 is 0 Å². The van der Waals surface area contributed by atoms with Gasteiger partial charge in [0, 0.05) is 13.2 Å². The van der Waals surface area contributed by atoms with E-state index in [9.17, 15) is 13.6 Å². The summed E-state index contributed by atoms with van der Waals surface area (Å²) >= 11 is 0. The smallest absolute Gasteiger partial charge is 0.356 e. The zero-order valence-electron chi connectivity index (χ0n) is 6.16. The Bertz CT molecular complexity index is 308. The molecule has 1 rings (SSSR count). The molecule has 1 aromatic heterocycles. The summed E-state index contributed by atoms with van der Waals surface area (Å²) in [6.45, 7) is 0. The molecule has 0 atom stereocenters. The van der Waals surface area contributed by atoms with Gasteiger partial charge in [-0.05, 0) is 0 Å². The summed E-state index contributed by atoms with van der Waals surface area (Å²) in [5, 5.41) is 11.8. The lowest BCUT2D eigenvalue weighted by Crippen LogP contribution is -2.02. The molecule has 0 aliphatic rings. The summed E-state index contributed by atoms with van der Waals surface area (Å²) < 4.78 is 25.2. The molecule has 1 aromatic rings. The van der Waals surface area contributed by atoms with Crippen LogP contribution in [0.25, 0.3) is 0 Å². The molecule has 0 spiro atoms. The Morgan fingerprint density at radius 3 is 2.67 bits per heavy atom. The molecule has 0 amide bonds. The first kappa shape index (κ1) is 8.63. The van der Waals surface area contributed by atoms with Crippen molar-refractivity contribution in [1.82, 2.24) is 9.78 Å². The van der Waals surface area contributed by atoms with Gasteiger partial charge in [-0.3, -0.25) is 4.68 Å². The minimum absolute atomic E-state index is 0.551. The SMILES string of the molecule is Cn1cc(C(F)F)c(C(=O)O)n1. The van der Waals surface area contributed by atoms with Crippen molar-refractivity contribution in [1.29, 1.82) is 0 Å². The molecule has 0 unspecified atom stereocenters. The summed E-state index contributed by atoms with van der Waals surface area (Å²) in [5.74, 6) is -1.44. The van der Waals surface area contributed by atoms with Crippen molar-refractivity contribution in [3.8, 4) is 0 Å². The number of halogens is 2. The molecule has 0 saturated heterocycles. The van der Waals surface area contributed by atoms with Gasteiger partial charge in [0.25, 0.3) is 6.43 Å². The zero-order chi connectivity index (χ0) is 9.30. The molecule has 0 aromatic carbocycles. The Kier molecular flexibility index (Phi) is 2.07. The topological polar surface area (TPSA) is 55.1 Å². The minimum atomic E-state index is -2.80. The average Bonchev–Trinajstić information content (AvgIpc) is 2.31. The van der Waals surface area contributed by atoms with Gasteiger partial charge < -0.3 is 5.11 Å². The number of aryl methyl sites for hydroxylation is 1. The molecule has 0 radical (unpaired) electrons. The number of carboxylic acids is 1. The van der Waals surface area contributed by atoms with Gasteiger partial charge in [-0.1, -0.05) is 0 Å². The molecular formula is C6H6F2N2O2. The van der Waals surface area contributed by atoms with E-state index < -0.39 is 23.7 Å². The summed E-state index contributed by atoms with van der Waals surface area (Å²) in [7, 11) is 1.39. The average molecular weight is 176 g/mol. The largest absolute Gasteiger partial charge is 0.476 e. The van der Waals surface area contributed by atoms with Gasteiger partial charge in [0.05, 0.1) is 5.56 Å². The van der Waals surface area contributed by atoms with Crippen LogP contribution in [0.4, 0.5) is 8.78 Å². The van der Waals surface area contributed by atoms with E-state index in [0.717, 1.165) is 10.9 Å². The van der Waals surface area contributed by atoms with Crippen LogP contribution in [0.5, 0.6) is 0 Å². The van der Waals surface area contributed by atoms with E-state index >= 15 is 0 Å². The summed E-state index contributed by atoms with van der Waals surface area (Å²) in [4.78, 5) is 10.3. The lowest BCUT2D eigenvalue weighted by Gasteiger charge is -1.93. The monoisotopic (exact) mass is 176 g/mol. The first-order valence-electron chi connectivity index (χ1n) is 3.07. The van der Waals surface area contributed by atoms with Crippen molar-refractivity contribution < 1.29 is 18.7 Å². The maximum atomic E-state index is 12.1. The third-order valence-corrected chi connectivity index (χ3v) is 1.29. The number of alkyl halides is 2. The lowest BCUT2D eigenvalue weighted by molar-refractivity contribution is 0.0677. The Hall–Kier alpha value is -1.46. The highest BCUT2D eigenvalue weighted by atomic mass is 19.3. The zero-order valence-corrected chi connectivity index (χ0v) is 6.16. The van der Waals surface area contributed by atoms with Crippen LogP contribution < -0.4 is 0 Å². The van der Waals surface area contributed by atoms with Crippen LogP contribution in [0.2, 0.25) is 0 Å². The van der Waals surface area contributed by atoms with E-state index in [1.807, 2.05) is 0 Å². The predicted octanol–water partition coefficient (Wildman–Crippen LogP) is 1.06. The van der Waals surface area contributed by atoms with Crippen molar-refractivity contribution in [2.45, 2.75) is 6.43 Å². The molecule has 0 fully saturated rings. The van der Waals surface area contributed by atoms with E-state index in [2.05, 4.69) is 5.10 Å². The number of aromatic nitrogens is 2. The van der Waals surface area contributed by atoms with Crippen molar-refractivity contribution in [2.24, 2.45) is 7.05 Å². The molecule has 0 aliphatic heterocycles. The fraction of sp³-hybridized carbons (Fsp3) is 0.333. The van der Waals surface area contributed by atoms with Gasteiger partial charge in [0.2, 0.25) is 0 Å². The van der Waals surface area contributed by atoms with Crippen LogP contribution in [0.1, 0.15) is 22.5 Å². The van der Waals surface area contributed by atoms with Gasteiger partial charge in [0.15, 0.2) is 5.69 Å². The molecule has 1 heterocycles. The number of rotatable bonds is 2. The molecule has 1 N–H and O–H groups in total. The van der Waals surface area contributed by atoms with E-state index in [-0.39, 0.29) is 0 Å². The van der Waals surface area contributed by atoms with E-state index in [4.69, 9.17) is 5.11 Å². The number of hydrogen-bond donors (Lipinski definition) is 1. The second-order valence-corrected chi connectivity index (χ2v) is 2.21. The van der Waals surface area contributed by atoms with Gasteiger partial charge in [-0.15, -0.1) is 0 Å². The number of aromatic carboxylic acids is 1. The molecule has 12 heavy (non-hydrogen) atoms. The van der Waals surface area contributed by atoms with Crippen molar-refractivity contribution in [3.05, 3.63) is 17.5 Å². The minimum Gasteiger partial charge on any atom is -0.476 e. The number of hydrogen-bond acceptors (Lipinski definition) is 2. The molecule has 6 heteroatoms. The number of nitrogens with zero attached hydrogens (tertiary/aromatic N) is 2. The highest BCUT2D eigenvalue weighted by molar-refractivity contribution is 5.87. The van der Waals surface area contributed by atoms with Crippen LogP contribution in [0, 0.1) is 0 Å². The van der Waals surface area contributed by atoms with Crippen molar-refractivity contribution in [3.63, 3.8) is 0 Å². The molecular weight excluding hydrogens is 170 g/mol. The summed E-state index contributed by atoms with van der Waals surface area (Å²) in [6, 6.07) is 0. The van der Waals surface area contributed by atoms with E-state index in [0.29, 0.717) is 0 Å². The van der Waals surface area contributed by atoms with E-state index in [1.165, 1.54) is 7.05 Å². The van der Waals surface area contributed by atoms with Crippen LogP contribution in [0.15, 0.2) is 6.20 Å². The molecule has 0 bridgehead atoms. The maximum Gasteiger partial charge on any atom is 0.356 e. The highest BCUT2D eigenvalue weighted by Crippen LogP contribution is 2.21. The standard InChI is InChI=1S/C6H6F2N2O2/c1-10-2-3(5(7)8)4(9-10)6(11)12/h2,5H,1H3,(H,11,12). The third kappa shape index (κ3) is 1.41. The fourth-order valence-corrected chi connectivity index (χ4v) is 0.833. The maximum absolute atomic E-state index is 12.1. The normalized spacial score (nSPS) is 10.7. The van der Waals surface area contributed by atoms with Gasteiger partial charge in [-0.25, -0.2) is 13.6 Å². The first-order valence-corrected chi connectivity index (χ1v) is 3.07. The highest BCUT2D eigenvalue weighted by Gasteiger charge is 2.21. The Labute approximate surface area is 66.4 Å². The Balaban J connectivity index is 3.17. The number of carbonyl (C=O) groups is 1. The van der Waals surface area contributed by atoms with Crippen LogP contribution in [-0.4, -0.2) is 20.9 Å².